The second kappa shape index (κ2) is 7.50. The third kappa shape index (κ3) is 3.61. The number of ether oxygens (including phenoxy) is 1. The largest absolute Gasteiger partial charge is 0.376 e. The van der Waals surface area contributed by atoms with E-state index in [0.29, 0.717) is 13.1 Å². The minimum absolute atomic E-state index is 0.0821. The van der Waals surface area contributed by atoms with Crippen LogP contribution in [0.5, 0.6) is 0 Å². The van der Waals surface area contributed by atoms with E-state index in [0.717, 1.165) is 38.0 Å². The van der Waals surface area contributed by atoms with Gasteiger partial charge in [-0.15, -0.1) is 0 Å². The summed E-state index contributed by atoms with van der Waals surface area (Å²) in [6.07, 6.45) is 3.36. The van der Waals surface area contributed by atoms with E-state index in [1.54, 1.807) is 0 Å². The lowest BCUT2D eigenvalue weighted by molar-refractivity contribution is 0.0507. The summed E-state index contributed by atoms with van der Waals surface area (Å²) >= 11 is 0. The zero-order valence-electron chi connectivity index (χ0n) is 15.4. The number of nitrogens with zero attached hydrogens (tertiary/aromatic N) is 2. The van der Waals surface area contributed by atoms with Crippen molar-refractivity contribution in [1.29, 1.82) is 0 Å². The fraction of sp³-hybridized carbons (Fsp3) is 0.409. The highest BCUT2D eigenvalue weighted by Crippen LogP contribution is 2.28. The molecule has 0 radical (unpaired) electrons. The average Bonchev–Trinajstić information content (AvgIpc) is 3.31. The molecule has 4 rings (SSSR count). The molecular weight excluding hydrogens is 324 g/mol. The number of hydrogen-bond donors (Lipinski definition) is 0. The van der Waals surface area contributed by atoms with Crippen LogP contribution in [0.1, 0.15) is 34.3 Å². The van der Waals surface area contributed by atoms with Crippen LogP contribution in [0.2, 0.25) is 0 Å². The van der Waals surface area contributed by atoms with Crippen LogP contribution >= 0.6 is 0 Å². The van der Waals surface area contributed by atoms with Crippen molar-refractivity contribution < 1.29 is 9.53 Å². The SMILES string of the molecule is CN1CCc2cc(CN(CC3CCCO3)C(=O)c3ccccc3)ccc21. The van der Waals surface area contributed by atoms with Gasteiger partial charge in [-0.1, -0.05) is 30.3 Å². The molecule has 1 unspecified atom stereocenters. The normalized spacial score (nSPS) is 18.8. The van der Waals surface area contributed by atoms with Gasteiger partial charge < -0.3 is 14.5 Å². The molecular formula is C22H26N2O2. The third-order valence-corrected chi connectivity index (χ3v) is 5.40. The summed E-state index contributed by atoms with van der Waals surface area (Å²) in [5.74, 6) is 0.0821. The molecule has 1 saturated heterocycles. The van der Waals surface area contributed by atoms with Gasteiger partial charge in [-0.3, -0.25) is 4.79 Å². The van der Waals surface area contributed by atoms with Crippen LogP contribution < -0.4 is 4.90 Å². The quantitative estimate of drug-likeness (QED) is 0.827. The molecule has 26 heavy (non-hydrogen) atoms. The van der Waals surface area contributed by atoms with Crippen molar-refractivity contribution >= 4 is 11.6 Å². The number of benzene rings is 2. The van der Waals surface area contributed by atoms with Crippen LogP contribution in [0.25, 0.3) is 0 Å². The van der Waals surface area contributed by atoms with Crippen LogP contribution in [-0.2, 0) is 17.7 Å². The number of carbonyl (C=O) groups is 1. The van der Waals surface area contributed by atoms with Crippen LogP contribution in [0.15, 0.2) is 48.5 Å². The predicted octanol–water partition coefficient (Wildman–Crippen LogP) is 3.50. The van der Waals surface area contributed by atoms with E-state index in [1.165, 1.54) is 16.8 Å². The van der Waals surface area contributed by atoms with E-state index < -0.39 is 0 Å². The van der Waals surface area contributed by atoms with E-state index in [9.17, 15) is 4.79 Å². The molecule has 2 heterocycles. The Morgan fingerprint density at radius 1 is 1.23 bits per heavy atom. The Kier molecular flexibility index (Phi) is 4.93. The van der Waals surface area contributed by atoms with Crippen molar-refractivity contribution in [1.82, 2.24) is 4.90 Å². The predicted molar refractivity (Wildman–Crippen MR) is 104 cm³/mol. The van der Waals surface area contributed by atoms with Gasteiger partial charge in [0.1, 0.15) is 0 Å². The molecule has 1 amide bonds. The molecule has 1 fully saturated rings. The molecule has 2 aromatic carbocycles. The lowest BCUT2D eigenvalue weighted by Gasteiger charge is -2.26. The third-order valence-electron chi connectivity index (χ3n) is 5.40. The number of amides is 1. The van der Waals surface area contributed by atoms with Gasteiger partial charge in [0.2, 0.25) is 0 Å². The molecule has 1 atom stereocenters. The molecule has 0 aromatic heterocycles. The summed E-state index contributed by atoms with van der Waals surface area (Å²) in [7, 11) is 2.13. The highest BCUT2D eigenvalue weighted by Gasteiger charge is 2.24. The molecule has 2 aliphatic heterocycles. The van der Waals surface area contributed by atoms with Gasteiger partial charge in [-0.2, -0.15) is 0 Å². The average molecular weight is 350 g/mol. The molecule has 4 heteroatoms. The van der Waals surface area contributed by atoms with E-state index >= 15 is 0 Å². The molecule has 0 N–H and O–H groups in total. The molecule has 0 spiro atoms. The maximum Gasteiger partial charge on any atom is 0.254 e. The van der Waals surface area contributed by atoms with E-state index in [-0.39, 0.29) is 12.0 Å². The summed E-state index contributed by atoms with van der Waals surface area (Å²) in [6.45, 7) is 3.17. The maximum absolute atomic E-state index is 13.1. The number of anilines is 1. The van der Waals surface area contributed by atoms with Crippen molar-refractivity contribution in [3.8, 4) is 0 Å². The van der Waals surface area contributed by atoms with E-state index in [4.69, 9.17) is 4.74 Å². The summed E-state index contributed by atoms with van der Waals surface area (Å²) < 4.78 is 5.79. The summed E-state index contributed by atoms with van der Waals surface area (Å²) in [5, 5.41) is 0. The lowest BCUT2D eigenvalue weighted by atomic mass is 10.1. The zero-order chi connectivity index (χ0) is 17.9. The van der Waals surface area contributed by atoms with Gasteiger partial charge in [0.05, 0.1) is 6.10 Å². The molecule has 2 aromatic rings. The monoisotopic (exact) mass is 350 g/mol. The summed E-state index contributed by atoms with van der Waals surface area (Å²) in [5.41, 5.74) is 4.63. The standard InChI is InChI=1S/C22H26N2O2/c1-23-12-11-19-14-17(9-10-21(19)23)15-24(16-20-8-5-13-26-20)22(25)18-6-3-2-4-7-18/h2-4,6-7,9-10,14,20H,5,8,11-13,15-16H2,1H3. The Bertz CT molecular complexity index is 769. The highest BCUT2D eigenvalue weighted by atomic mass is 16.5. The molecule has 136 valence electrons. The zero-order valence-corrected chi connectivity index (χ0v) is 15.4. The van der Waals surface area contributed by atoms with Gasteiger partial charge in [-0.05, 0) is 48.6 Å². The van der Waals surface area contributed by atoms with Gasteiger partial charge >= 0.3 is 0 Å². The Labute approximate surface area is 155 Å². The Morgan fingerprint density at radius 3 is 2.85 bits per heavy atom. The van der Waals surface area contributed by atoms with Crippen molar-refractivity contribution in [2.75, 3.05) is 31.6 Å². The van der Waals surface area contributed by atoms with Gasteiger partial charge in [0.15, 0.2) is 0 Å². The second-order valence-corrected chi connectivity index (χ2v) is 7.32. The topological polar surface area (TPSA) is 32.8 Å². The Hall–Kier alpha value is -2.33. The van der Waals surface area contributed by atoms with Crippen molar-refractivity contribution in [2.45, 2.75) is 31.9 Å². The summed E-state index contributed by atoms with van der Waals surface area (Å²) in [6, 6.07) is 16.2. The van der Waals surface area contributed by atoms with Crippen LogP contribution in [0, 0.1) is 0 Å². The first-order valence-electron chi connectivity index (χ1n) is 9.49. The Morgan fingerprint density at radius 2 is 2.08 bits per heavy atom. The lowest BCUT2D eigenvalue weighted by Crippen LogP contribution is -2.37. The van der Waals surface area contributed by atoms with E-state index in [2.05, 4.69) is 30.1 Å². The molecule has 4 nitrogen and oxygen atoms in total. The number of carbonyl (C=O) groups excluding carboxylic acids is 1. The van der Waals surface area contributed by atoms with Crippen molar-refractivity contribution in [3.63, 3.8) is 0 Å². The summed E-state index contributed by atoms with van der Waals surface area (Å²) in [4.78, 5) is 17.3. The molecule has 0 aliphatic carbocycles. The fourth-order valence-electron chi connectivity index (χ4n) is 3.96. The molecule has 0 bridgehead atoms. The molecule has 2 aliphatic rings. The van der Waals surface area contributed by atoms with Crippen LogP contribution in [0.3, 0.4) is 0 Å². The smallest absolute Gasteiger partial charge is 0.254 e. The van der Waals surface area contributed by atoms with Gasteiger partial charge in [0.25, 0.3) is 5.91 Å². The maximum atomic E-state index is 13.1. The van der Waals surface area contributed by atoms with Crippen molar-refractivity contribution in [2.24, 2.45) is 0 Å². The van der Waals surface area contributed by atoms with Gasteiger partial charge in [0, 0.05) is 44.5 Å². The number of hydrogen-bond acceptors (Lipinski definition) is 3. The van der Waals surface area contributed by atoms with Crippen molar-refractivity contribution in [3.05, 3.63) is 65.2 Å². The number of likely N-dealkylation sites (N-methyl/N-ethyl adjacent to an activating group) is 1. The minimum Gasteiger partial charge on any atom is -0.376 e. The number of rotatable bonds is 5. The van der Waals surface area contributed by atoms with Gasteiger partial charge in [-0.25, -0.2) is 0 Å². The van der Waals surface area contributed by atoms with Crippen LogP contribution in [0.4, 0.5) is 5.69 Å². The second-order valence-electron chi connectivity index (χ2n) is 7.32. The number of fused-ring (bicyclic) bond motifs is 1. The first kappa shape index (κ1) is 17.1. The fourth-order valence-corrected chi connectivity index (χ4v) is 3.96. The highest BCUT2D eigenvalue weighted by molar-refractivity contribution is 5.94. The molecule has 0 saturated carbocycles. The minimum atomic E-state index is 0.0821. The first-order chi connectivity index (χ1) is 12.7. The Balaban J connectivity index is 1.55. The van der Waals surface area contributed by atoms with Crippen LogP contribution in [-0.4, -0.2) is 43.7 Å². The first-order valence-corrected chi connectivity index (χ1v) is 9.49. The van der Waals surface area contributed by atoms with E-state index in [1.807, 2.05) is 35.2 Å².